The Morgan fingerprint density at radius 1 is 0.913 bits per heavy atom. The highest BCUT2D eigenvalue weighted by atomic mass is 14.9. The Balaban J connectivity index is 2.22. The fourth-order valence-electron chi connectivity index (χ4n) is 2.58. The molecule has 0 aliphatic carbocycles. The molecule has 0 fully saturated rings. The molecule has 0 aliphatic heterocycles. The number of aryl methyl sites for hydroxylation is 2. The Labute approximate surface area is 135 Å². The zero-order valence-corrected chi connectivity index (χ0v) is 13.3. The van der Waals surface area contributed by atoms with Crippen molar-refractivity contribution >= 4 is 5.82 Å². The third-order valence-corrected chi connectivity index (χ3v) is 3.79. The molecular weight excluding hydrogens is 286 g/mol. The average molecular weight is 305 g/mol. The highest BCUT2D eigenvalue weighted by Crippen LogP contribution is 2.32. The van der Waals surface area contributed by atoms with E-state index in [2.05, 4.69) is 39.8 Å². The van der Waals surface area contributed by atoms with Crippen molar-refractivity contribution in [3.05, 3.63) is 54.4 Å². The minimum Gasteiger partial charge on any atom is -0.384 e. The fraction of sp³-hybridized carbons (Fsp3) is 0.222. The van der Waals surface area contributed by atoms with Crippen LogP contribution in [0.15, 0.2) is 43.0 Å². The van der Waals surface area contributed by atoms with E-state index in [-0.39, 0.29) is 0 Å². The van der Waals surface area contributed by atoms with Gasteiger partial charge in [-0.1, -0.05) is 13.8 Å². The van der Waals surface area contributed by atoms with Gasteiger partial charge in [0, 0.05) is 34.8 Å². The summed E-state index contributed by atoms with van der Waals surface area (Å²) in [4.78, 5) is 17.5. The van der Waals surface area contributed by atoms with E-state index >= 15 is 0 Å². The lowest BCUT2D eigenvalue weighted by atomic mass is 9.97. The van der Waals surface area contributed by atoms with Crippen LogP contribution < -0.4 is 5.73 Å². The monoisotopic (exact) mass is 305 g/mol. The van der Waals surface area contributed by atoms with Crippen LogP contribution in [0.3, 0.4) is 0 Å². The Morgan fingerprint density at radius 2 is 1.78 bits per heavy atom. The number of hydrogen-bond acceptors (Lipinski definition) is 5. The van der Waals surface area contributed by atoms with E-state index in [4.69, 9.17) is 5.73 Å². The lowest BCUT2D eigenvalue weighted by Crippen LogP contribution is -2.00. The number of pyridine rings is 2. The Hall–Kier alpha value is -2.82. The summed E-state index contributed by atoms with van der Waals surface area (Å²) in [6.07, 6.45) is 6.93. The van der Waals surface area contributed by atoms with Crippen molar-refractivity contribution in [2.24, 2.45) is 0 Å². The first kappa shape index (κ1) is 15.1. The zero-order chi connectivity index (χ0) is 16.2. The third kappa shape index (κ3) is 3.04. The molecule has 0 radical (unpaired) electrons. The van der Waals surface area contributed by atoms with Crippen molar-refractivity contribution in [1.29, 1.82) is 0 Å². The number of rotatable bonds is 4. The van der Waals surface area contributed by atoms with Gasteiger partial charge in [0.25, 0.3) is 0 Å². The highest BCUT2D eigenvalue weighted by molar-refractivity contribution is 5.82. The first-order valence-corrected chi connectivity index (χ1v) is 7.74. The second kappa shape index (κ2) is 6.52. The molecule has 3 aromatic rings. The van der Waals surface area contributed by atoms with E-state index in [1.807, 2.05) is 18.3 Å². The molecule has 3 rings (SSSR count). The smallest absolute Gasteiger partial charge is 0.123 e. The number of nitrogens with zero attached hydrogens (tertiary/aromatic N) is 4. The molecule has 0 bridgehead atoms. The van der Waals surface area contributed by atoms with E-state index in [1.165, 1.54) is 0 Å². The minimum atomic E-state index is 0.502. The lowest BCUT2D eigenvalue weighted by molar-refractivity contribution is 1.00. The molecule has 116 valence electrons. The van der Waals surface area contributed by atoms with Crippen molar-refractivity contribution in [3.63, 3.8) is 0 Å². The Morgan fingerprint density at radius 3 is 2.48 bits per heavy atom. The first-order valence-electron chi connectivity index (χ1n) is 7.74. The summed E-state index contributed by atoms with van der Waals surface area (Å²) in [6, 6.07) is 7.83. The van der Waals surface area contributed by atoms with Gasteiger partial charge >= 0.3 is 0 Å². The van der Waals surface area contributed by atoms with Crippen molar-refractivity contribution in [2.45, 2.75) is 26.7 Å². The van der Waals surface area contributed by atoms with E-state index in [0.717, 1.165) is 46.6 Å². The van der Waals surface area contributed by atoms with E-state index in [9.17, 15) is 0 Å². The SMILES string of the molecule is CCc1cc(-c2ncnc(CC)c2-c2ccc(N)nc2)ccn1. The van der Waals surface area contributed by atoms with E-state index < -0.39 is 0 Å². The third-order valence-electron chi connectivity index (χ3n) is 3.79. The van der Waals surface area contributed by atoms with Gasteiger partial charge in [0.05, 0.1) is 11.4 Å². The maximum absolute atomic E-state index is 5.71. The average Bonchev–Trinajstić information content (AvgIpc) is 2.62. The number of anilines is 1. The summed E-state index contributed by atoms with van der Waals surface area (Å²) in [5, 5.41) is 0. The van der Waals surface area contributed by atoms with E-state index in [1.54, 1.807) is 18.6 Å². The summed E-state index contributed by atoms with van der Waals surface area (Å²) < 4.78 is 0. The summed E-state index contributed by atoms with van der Waals surface area (Å²) in [5.41, 5.74) is 11.7. The van der Waals surface area contributed by atoms with Gasteiger partial charge in [0.2, 0.25) is 0 Å². The molecule has 0 aromatic carbocycles. The minimum absolute atomic E-state index is 0.502. The molecule has 0 unspecified atom stereocenters. The highest BCUT2D eigenvalue weighted by Gasteiger charge is 2.15. The van der Waals surface area contributed by atoms with E-state index in [0.29, 0.717) is 5.82 Å². The van der Waals surface area contributed by atoms with Gasteiger partial charge < -0.3 is 5.73 Å². The van der Waals surface area contributed by atoms with Gasteiger partial charge in [-0.25, -0.2) is 15.0 Å². The zero-order valence-electron chi connectivity index (χ0n) is 13.3. The normalized spacial score (nSPS) is 10.7. The quantitative estimate of drug-likeness (QED) is 0.800. The molecule has 0 atom stereocenters. The van der Waals surface area contributed by atoms with Crippen molar-refractivity contribution < 1.29 is 0 Å². The maximum Gasteiger partial charge on any atom is 0.123 e. The van der Waals surface area contributed by atoms with Gasteiger partial charge in [-0.3, -0.25) is 4.98 Å². The molecule has 5 nitrogen and oxygen atoms in total. The van der Waals surface area contributed by atoms with Crippen LogP contribution in [0, 0.1) is 0 Å². The summed E-state index contributed by atoms with van der Waals surface area (Å²) >= 11 is 0. The van der Waals surface area contributed by atoms with Crippen LogP contribution in [-0.4, -0.2) is 19.9 Å². The van der Waals surface area contributed by atoms with Crippen LogP contribution in [0.2, 0.25) is 0 Å². The van der Waals surface area contributed by atoms with Crippen molar-refractivity contribution in [1.82, 2.24) is 19.9 Å². The first-order chi connectivity index (χ1) is 11.2. The Bertz CT molecular complexity index is 812. The molecule has 5 heteroatoms. The van der Waals surface area contributed by atoms with Crippen LogP contribution in [-0.2, 0) is 12.8 Å². The number of nitrogens with two attached hydrogens (primary N) is 1. The van der Waals surface area contributed by atoms with Gasteiger partial charge in [-0.2, -0.15) is 0 Å². The van der Waals surface area contributed by atoms with Gasteiger partial charge in [0.15, 0.2) is 0 Å². The molecule has 23 heavy (non-hydrogen) atoms. The van der Waals surface area contributed by atoms with Gasteiger partial charge in [-0.05, 0) is 37.1 Å². The molecule has 0 amide bonds. The van der Waals surface area contributed by atoms with Gasteiger partial charge in [-0.15, -0.1) is 0 Å². The number of hydrogen-bond donors (Lipinski definition) is 1. The van der Waals surface area contributed by atoms with Crippen LogP contribution >= 0.6 is 0 Å². The van der Waals surface area contributed by atoms with Crippen LogP contribution in [0.4, 0.5) is 5.82 Å². The number of aromatic nitrogens is 4. The maximum atomic E-state index is 5.71. The van der Waals surface area contributed by atoms with Crippen LogP contribution in [0.5, 0.6) is 0 Å². The van der Waals surface area contributed by atoms with Crippen LogP contribution in [0.25, 0.3) is 22.4 Å². The second-order valence-corrected chi connectivity index (χ2v) is 5.26. The summed E-state index contributed by atoms with van der Waals surface area (Å²) in [7, 11) is 0. The summed E-state index contributed by atoms with van der Waals surface area (Å²) in [6.45, 7) is 4.18. The molecular formula is C18H19N5. The largest absolute Gasteiger partial charge is 0.384 e. The van der Waals surface area contributed by atoms with Crippen molar-refractivity contribution in [3.8, 4) is 22.4 Å². The number of nitrogen functional groups attached to an aromatic ring is 1. The molecule has 0 aliphatic rings. The lowest BCUT2D eigenvalue weighted by Gasteiger charge is -2.13. The molecule has 0 spiro atoms. The molecule has 3 heterocycles. The molecule has 0 saturated carbocycles. The van der Waals surface area contributed by atoms with Gasteiger partial charge in [0.1, 0.15) is 12.1 Å². The molecule has 2 N–H and O–H groups in total. The van der Waals surface area contributed by atoms with Crippen LogP contribution in [0.1, 0.15) is 25.2 Å². The summed E-state index contributed by atoms with van der Waals surface area (Å²) in [5.74, 6) is 0.502. The molecule has 3 aromatic heterocycles. The second-order valence-electron chi connectivity index (χ2n) is 5.26. The topological polar surface area (TPSA) is 77.6 Å². The van der Waals surface area contributed by atoms with Crippen molar-refractivity contribution in [2.75, 3.05) is 5.73 Å². The molecule has 0 saturated heterocycles. The predicted octanol–water partition coefficient (Wildman–Crippen LogP) is 3.31. The standard InChI is InChI=1S/C18H19N5/c1-3-14-9-12(7-8-20-14)18-17(15(4-2)22-11-23-18)13-5-6-16(19)21-10-13/h5-11H,3-4H2,1-2H3,(H2,19,21). The fourth-order valence-corrected chi connectivity index (χ4v) is 2.58. The predicted molar refractivity (Wildman–Crippen MR) is 91.7 cm³/mol. The Kier molecular flexibility index (Phi) is 4.28.